The predicted octanol–water partition coefficient (Wildman–Crippen LogP) is 0.416. The molecular formula is C14H22N2O4S. The molecule has 0 amide bonds. The third kappa shape index (κ3) is 4.16. The number of aliphatic hydroxyl groups is 1. The molecule has 0 saturated carbocycles. The molecule has 1 aromatic carbocycles. The summed E-state index contributed by atoms with van der Waals surface area (Å²) in [7, 11) is -3.66. The predicted molar refractivity (Wildman–Crippen MR) is 79.5 cm³/mol. The van der Waals surface area contributed by atoms with Gasteiger partial charge in [-0.1, -0.05) is 6.92 Å². The Labute approximate surface area is 125 Å². The Morgan fingerprint density at radius 1 is 1.38 bits per heavy atom. The van der Waals surface area contributed by atoms with Crippen molar-refractivity contribution in [2.75, 3.05) is 26.3 Å². The van der Waals surface area contributed by atoms with Gasteiger partial charge in [0.2, 0.25) is 10.0 Å². The van der Waals surface area contributed by atoms with Crippen LogP contribution in [0.15, 0.2) is 29.2 Å². The summed E-state index contributed by atoms with van der Waals surface area (Å²) in [4.78, 5) is 2.30. The van der Waals surface area contributed by atoms with Gasteiger partial charge in [0.05, 0.1) is 11.5 Å². The second-order valence-electron chi connectivity index (χ2n) is 5.42. The molecule has 3 N–H and O–H groups in total. The molecule has 1 aliphatic rings. The van der Waals surface area contributed by atoms with Crippen molar-refractivity contribution < 1.29 is 18.3 Å². The van der Waals surface area contributed by atoms with Gasteiger partial charge in [0.1, 0.15) is 12.4 Å². The van der Waals surface area contributed by atoms with Crippen LogP contribution in [0.5, 0.6) is 5.75 Å². The van der Waals surface area contributed by atoms with E-state index in [-0.39, 0.29) is 17.5 Å². The Hall–Kier alpha value is -1.15. The molecule has 6 nitrogen and oxygen atoms in total. The number of rotatable bonds is 6. The fourth-order valence-electron chi connectivity index (χ4n) is 2.67. The van der Waals surface area contributed by atoms with Crippen LogP contribution in [0.3, 0.4) is 0 Å². The van der Waals surface area contributed by atoms with E-state index >= 15 is 0 Å². The number of nitrogens with zero attached hydrogens (tertiary/aromatic N) is 1. The summed E-state index contributed by atoms with van der Waals surface area (Å²) in [5.74, 6) is 1.11. The second kappa shape index (κ2) is 6.74. The lowest BCUT2D eigenvalue weighted by atomic mass is 10.0. The molecule has 7 heteroatoms. The van der Waals surface area contributed by atoms with Crippen LogP contribution in [0.4, 0.5) is 0 Å². The minimum absolute atomic E-state index is 0.0727. The molecule has 118 valence electrons. The zero-order valence-corrected chi connectivity index (χ0v) is 12.9. The Morgan fingerprint density at radius 2 is 2.05 bits per heavy atom. The summed E-state index contributed by atoms with van der Waals surface area (Å²) < 4.78 is 27.9. The van der Waals surface area contributed by atoms with E-state index in [2.05, 4.69) is 11.8 Å². The number of primary sulfonamides is 1. The van der Waals surface area contributed by atoms with Gasteiger partial charge in [-0.2, -0.15) is 0 Å². The highest BCUT2D eigenvalue weighted by Gasteiger charge is 2.29. The van der Waals surface area contributed by atoms with E-state index in [1.54, 1.807) is 12.1 Å². The maximum Gasteiger partial charge on any atom is 0.238 e. The Morgan fingerprint density at radius 3 is 2.62 bits per heavy atom. The molecule has 2 rings (SSSR count). The lowest BCUT2D eigenvalue weighted by molar-refractivity contribution is 0.123. The molecule has 0 aliphatic carbocycles. The Balaban J connectivity index is 1.84. The fraction of sp³-hybridized carbons (Fsp3) is 0.571. The quantitative estimate of drug-likeness (QED) is 0.793. The van der Waals surface area contributed by atoms with Crippen molar-refractivity contribution >= 4 is 10.0 Å². The molecule has 1 aromatic rings. The average Bonchev–Trinajstić information content (AvgIpc) is 2.79. The zero-order valence-electron chi connectivity index (χ0n) is 12.1. The van der Waals surface area contributed by atoms with Crippen molar-refractivity contribution in [3.8, 4) is 5.75 Å². The normalized spacial score (nSPS) is 23.4. The first-order valence-electron chi connectivity index (χ1n) is 7.02. The molecular weight excluding hydrogens is 292 g/mol. The SMILES string of the molecule is CC1CCN(CCOc2ccc(S(N)(=O)=O)cc2)C1CO. The molecule has 1 fully saturated rings. The van der Waals surface area contributed by atoms with Gasteiger partial charge in [-0.25, -0.2) is 13.6 Å². The summed E-state index contributed by atoms with van der Waals surface area (Å²) in [6.07, 6.45) is 1.09. The summed E-state index contributed by atoms with van der Waals surface area (Å²) >= 11 is 0. The molecule has 21 heavy (non-hydrogen) atoms. The van der Waals surface area contributed by atoms with Gasteiger partial charge < -0.3 is 9.84 Å². The van der Waals surface area contributed by atoms with E-state index < -0.39 is 10.0 Å². The zero-order chi connectivity index (χ0) is 15.5. The summed E-state index contributed by atoms with van der Waals surface area (Å²) in [6, 6.07) is 6.25. The number of aliphatic hydroxyl groups excluding tert-OH is 1. The third-order valence-corrected chi connectivity index (χ3v) is 4.91. The van der Waals surface area contributed by atoms with E-state index in [1.165, 1.54) is 12.1 Å². The highest BCUT2D eigenvalue weighted by Crippen LogP contribution is 2.23. The van der Waals surface area contributed by atoms with E-state index in [0.29, 0.717) is 18.3 Å². The molecule has 1 heterocycles. The van der Waals surface area contributed by atoms with Crippen molar-refractivity contribution in [3.05, 3.63) is 24.3 Å². The highest BCUT2D eigenvalue weighted by atomic mass is 32.2. The number of hydrogen-bond acceptors (Lipinski definition) is 5. The molecule has 1 saturated heterocycles. The van der Waals surface area contributed by atoms with Crippen molar-refractivity contribution in [1.82, 2.24) is 4.90 Å². The van der Waals surface area contributed by atoms with Gasteiger partial charge in [-0.05, 0) is 43.1 Å². The fourth-order valence-corrected chi connectivity index (χ4v) is 3.18. The van der Waals surface area contributed by atoms with Crippen LogP contribution in [0, 0.1) is 5.92 Å². The average molecular weight is 314 g/mol. The van der Waals surface area contributed by atoms with Crippen molar-refractivity contribution in [2.24, 2.45) is 11.1 Å². The lowest BCUT2D eigenvalue weighted by Gasteiger charge is -2.24. The van der Waals surface area contributed by atoms with Crippen LogP contribution < -0.4 is 9.88 Å². The molecule has 2 unspecified atom stereocenters. The minimum atomic E-state index is -3.66. The molecule has 1 aliphatic heterocycles. The summed E-state index contributed by atoms with van der Waals surface area (Å²) in [5.41, 5.74) is 0. The minimum Gasteiger partial charge on any atom is -0.492 e. The van der Waals surface area contributed by atoms with Gasteiger partial charge in [0.25, 0.3) is 0 Å². The monoisotopic (exact) mass is 314 g/mol. The smallest absolute Gasteiger partial charge is 0.238 e. The second-order valence-corrected chi connectivity index (χ2v) is 6.98. The maximum atomic E-state index is 11.1. The van der Waals surface area contributed by atoms with Crippen molar-refractivity contribution in [3.63, 3.8) is 0 Å². The van der Waals surface area contributed by atoms with Gasteiger partial charge in [0.15, 0.2) is 0 Å². The largest absolute Gasteiger partial charge is 0.492 e. The third-order valence-electron chi connectivity index (χ3n) is 3.98. The van der Waals surface area contributed by atoms with Crippen LogP contribution in [0.1, 0.15) is 13.3 Å². The molecule has 0 aromatic heterocycles. The number of hydrogen-bond donors (Lipinski definition) is 2. The van der Waals surface area contributed by atoms with Crippen LogP contribution in [-0.4, -0.2) is 50.8 Å². The molecule has 0 radical (unpaired) electrons. The van der Waals surface area contributed by atoms with E-state index in [9.17, 15) is 13.5 Å². The Kier molecular flexibility index (Phi) is 5.21. The van der Waals surface area contributed by atoms with E-state index in [4.69, 9.17) is 9.88 Å². The topological polar surface area (TPSA) is 92.9 Å². The van der Waals surface area contributed by atoms with Crippen LogP contribution >= 0.6 is 0 Å². The van der Waals surface area contributed by atoms with Gasteiger partial charge in [-0.3, -0.25) is 4.90 Å². The van der Waals surface area contributed by atoms with Crippen LogP contribution in [0.25, 0.3) is 0 Å². The summed E-state index contributed by atoms with van der Waals surface area (Å²) in [5, 5.41) is 14.4. The van der Waals surface area contributed by atoms with Gasteiger partial charge in [-0.15, -0.1) is 0 Å². The van der Waals surface area contributed by atoms with Gasteiger partial charge in [0, 0.05) is 12.6 Å². The molecule has 2 atom stereocenters. The van der Waals surface area contributed by atoms with Crippen LogP contribution in [-0.2, 0) is 10.0 Å². The maximum absolute atomic E-state index is 11.1. The van der Waals surface area contributed by atoms with Crippen molar-refractivity contribution in [1.29, 1.82) is 0 Å². The number of benzene rings is 1. The number of ether oxygens (including phenoxy) is 1. The first-order valence-corrected chi connectivity index (χ1v) is 8.57. The standard InChI is InChI=1S/C14H22N2O4S/c1-11-6-7-16(14(11)10-17)8-9-20-12-2-4-13(5-3-12)21(15,18)19/h2-5,11,14,17H,6-10H2,1H3,(H2,15,18,19). The first kappa shape index (κ1) is 16.2. The summed E-state index contributed by atoms with van der Waals surface area (Å²) in [6.45, 7) is 4.53. The Bertz CT molecular complexity index is 559. The van der Waals surface area contributed by atoms with E-state index in [1.807, 2.05) is 0 Å². The van der Waals surface area contributed by atoms with Crippen molar-refractivity contribution in [2.45, 2.75) is 24.3 Å². The van der Waals surface area contributed by atoms with Crippen LogP contribution in [0.2, 0.25) is 0 Å². The van der Waals surface area contributed by atoms with Gasteiger partial charge >= 0.3 is 0 Å². The first-order chi connectivity index (χ1) is 9.91. The van der Waals surface area contributed by atoms with E-state index in [0.717, 1.165) is 19.5 Å². The number of sulfonamides is 1. The molecule has 0 spiro atoms. The number of nitrogens with two attached hydrogens (primary N) is 1. The molecule has 0 bridgehead atoms. The highest BCUT2D eigenvalue weighted by molar-refractivity contribution is 7.89. The number of likely N-dealkylation sites (tertiary alicyclic amines) is 1. The lowest BCUT2D eigenvalue weighted by Crippen LogP contribution is -2.37.